The molecule has 1 amide bonds. The van der Waals surface area contributed by atoms with Crippen LogP contribution in [0.15, 0.2) is 48.8 Å². The van der Waals surface area contributed by atoms with Gasteiger partial charge in [-0.2, -0.15) is 0 Å². The number of aliphatic carboxylic acids is 1. The number of hydrogen-bond acceptors (Lipinski definition) is 5. The number of ether oxygens (including phenoxy) is 1. The van der Waals surface area contributed by atoms with Crippen LogP contribution in [0.3, 0.4) is 0 Å². The molecule has 8 nitrogen and oxygen atoms in total. The zero-order valence-corrected chi connectivity index (χ0v) is 16.2. The van der Waals surface area contributed by atoms with Crippen molar-refractivity contribution < 1.29 is 23.8 Å². The zero-order valence-electron chi connectivity index (χ0n) is 16.2. The number of carbonyl (C=O) groups excluding carboxylic acids is 1. The number of aromatic nitrogens is 2. The van der Waals surface area contributed by atoms with Gasteiger partial charge >= 0.3 is 5.97 Å². The normalized spacial score (nSPS) is 10.5. The van der Waals surface area contributed by atoms with E-state index in [0.717, 1.165) is 0 Å². The average Bonchev–Trinajstić information content (AvgIpc) is 3.22. The van der Waals surface area contributed by atoms with Gasteiger partial charge in [-0.05, 0) is 30.7 Å². The summed E-state index contributed by atoms with van der Waals surface area (Å²) in [5, 5.41) is 14.0. The van der Waals surface area contributed by atoms with Gasteiger partial charge < -0.3 is 25.5 Å². The number of nitrogens with zero attached hydrogens (tertiary/aromatic N) is 1. The van der Waals surface area contributed by atoms with Crippen LogP contribution < -0.4 is 15.4 Å². The summed E-state index contributed by atoms with van der Waals surface area (Å²) in [7, 11) is 1.63. The molecule has 0 radical (unpaired) electrons. The molecule has 3 aromatic rings. The summed E-state index contributed by atoms with van der Waals surface area (Å²) < 4.78 is 19.6. The Hall–Kier alpha value is -3.88. The lowest BCUT2D eigenvalue weighted by atomic mass is 10.2. The molecule has 0 bridgehead atoms. The predicted octanol–water partition coefficient (Wildman–Crippen LogP) is 3.64. The number of aromatic amines is 1. The van der Waals surface area contributed by atoms with Crippen molar-refractivity contribution in [2.24, 2.45) is 0 Å². The molecule has 0 atom stereocenters. The van der Waals surface area contributed by atoms with Gasteiger partial charge in [0, 0.05) is 44.5 Å². The van der Waals surface area contributed by atoms with Crippen molar-refractivity contribution >= 4 is 17.6 Å². The Bertz CT molecular complexity index is 1050. The lowest BCUT2D eigenvalue weighted by Gasteiger charge is -2.08. The molecule has 30 heavy (non-hydrogen) atoms. The average molecular weight is 412 g/mol. The minimum Gasteiger partial charge on any atom is -0.481 e. The Morgan fingerprint density at radius 3 is 2.73 bits per heavy atom. The molecule has 0 saturated heterocycles. The number of benzene rings is 1. The number of pyridine rings is 1. The van der Waals surface area contributed by atoms with Gasteiger partial charge in [0.05, 0.1) is 22.6 Å². The minimum atomic E-state index is -0.901. The first-order valence-corrected chi connectivity index (χ1v) is 9.26. The van der Waals surface area contributed by atoms with Crippen molar-refractivity contribution in [3.05, 3.63) is 60.2 Å². The second-order valence-corrected chi connectivity index (χ2v) is 6.43. The molecule has 0 aliphatic carbocycles. The van der Waals surface area contributed by atoms with E-state index in [-0.39, 0.29) is 18.9 Å². The highest BCUT2D eigenvalue weighted by molar-refractivity contribution is 5.95. The molecule has 0 spiro atoms. The first-order chi connectivity index (χ1) is 14.5. The fourth-order valence-electron chi connectivity index (χ4n) is 2.74. The Morgan fingerprint density at radius 1 is 1.20 bits per heavy atom. The molecular weight excluding hydrogens is 391 g/mol. The van der Waals surface area contributed by atoms with Gasteiger partial charge in [-0.15, -0.1) is 0 Å². The molecule has 0 unspecified atom stereocenters. The third-order valence-corrected chi connectivity index (χ3v) is 4.25. The van der Waals surface area contributed by atoms with Crippen LogP contribution in [-0.2, 0) is 4.79 Å². The minimum absolute atomic E-state index is 0.00301. The van der Waals surface area contributed by atoms with Crippen LogP contribution in [-0.4, -0.2) is 40.5 Å². The first-order valence-electron chi connectivity index (χ1n) is 9.26. The number of halogens is 1. The topological polar surface area (TPSA) is 116 Å². The molecule has 9 heteroatoms. The second-order valence-electron chi connectivity index (χ2n) is 6.43. The third kappa shape index (κ3) is 5.34. The molecule has 2 heterocycles. The van der Waals surface area contributed by atoms with Crippen molar-refractivity contribution in [2.75, 3.05) is 18.9 Å². The number of H-pyrrole nitrogens is 1. The summed E-state index contributed by atoms with van der Waals surface area (Å²) in [4.78, 5) is 29.9. The smallest absolute Gasteiger partial charge is 0.303 e. The largest absolute Gasteiger partial charge is 0.481 e. The van der Waals surface area contributed by atoms with Crippen LogP contribution in [0.5, 0.6) is 11.5 Å². The Morgan fingerprint density at radius 2 is 2.00 bits per heavy atom. The summed E-state index contributed by atoms with van der Waals surface area (Å²) in [6, 6.07) is 9.47. The second kappa shape index (κ2) is 9.55. The third-order valence-electron chi connectivity index (χ3n) is 4.25. The Labute approximate surface area is 172 Å². The number of carbonyl (C=O) groups is 2. The molecule has 156 valence electrons. The van der Waals surface area contributed by atoms with E-state index in [1.54, 1.807) is 49.8 Å². The molecule has 2 aromatic heterocycles. The van der Waals surface area contributed by atoms with Crippen molar-refractivity contribution in [3.63, 3.8) is 0 Å². The van der Waals surface area contributed by atoms with E-state index in [1.165, 1.54) is 6.07 Å². The highest BCUT2D eigenvalue weighted by atomic mass is 19.1. The highest BCUT2D eigenvalue weighted by Gasteiger charge is 2.11. The van der Waals surface area contributed by atoms with E-state index in [4.69, 9.17) is 9.84 Å². The van der Waals surface area contributed by atoms with Gasteiger partial charge in [0.15, 0.2) is 0 Å². The SMILES string of the molecule is CNc1ccc(Oc2ccnc(-c3cc(C(=O)NCCCC(=O)O)c[nH]3)c2)cc1F. The molecular formula is C21H21FN4O4. The molecule has 0 fully saturated rings. The maximum absolute atomic E-state index is 13.9. The molecule has 0 aliphatic rings. The number of amides is 1. The maximum atomic E-state index is 13.9. The summed E-state index contributed by atoms with van der Waals surface area (Å²) in [6.45, 7) is 0.274. The van der Waals surface area contributed by atoms with Gasteiger partial charge in [-0.1, -0.05) is 0 Å². The molecule has 1 aromatic carbocycles. The number of anilines is 1. The van der Waals surface area contributed by atoms with Crippen LogP contribution in [0.25, 0.3) is 11.4 Å². The van der Waals surface area contributed by atoms with Crippen LogP contribution >= 0.6 is 0 Å². The van der Waals surface area contributed by atoms with E-state index in [9.17, 15) is 14.0 Å². The van der Waals surface area contributed by atoms with E-state index < -0.39 is 11.8 Å². The standard InChI is InChI=1S/C21H21FN4O4/c1-23-17-5-4-14(10-16(17)22)30-15-6-8-24-19(11-15)18-9-13(12-26-18)21(29)25-7-2-3-20(27)28/h4-6,8-12,23,26H,2-3,7H2,1H3,(H,25,29)(H,27,28). The summed E-state index contributed by atoms with van der Waals surface area (Å²) >= 11 is 0. The quantitative estimate of drug-likeness (QED) is 0.399. The molecule has 3 rings (SSSR count). The highest BCUT2D eigenvalue weighted by Crippen LogP contribution is 2.27. The monoisotopic (exact) mass is 412 g/mol. The summed E-state index contributed by atoms with van der Waals surface area (Å²) in [5.41, 5.74) is 1.92. The zero-order chi connectivity index (χ0) is 21.5. The van der Waals surface area contributed by atoms with Gasteiger partial charge in [-0.25, -0.2) is 4.39 Å². The van der Waals surface area contributed by atoms with Gasteiger partial charge in [0.1, 0.15) is 17.3 Å². The lowest BCUT2D eigenvalue weighted by Crippen LogP contribution is -2.24. The number of rotatable bonds is 9. The van der Waals surface area contributed by atoms with E-state index in [2.05, 4.69) is 20.6 Å². The van der Waals surface area contributed by atoms with Gasteiger partial charge in [0.2, 0.25) is 0 Å². The fraction of sp³-hybridized carbons (Fsp3) is 0.190. The van der Waals surface area contributed by atoms with Crippen molar-refractivity contribution in [3.8, 4) is 22.9 Å². The van der Waals surface area contributed by atoms with Gasteiger partial charge in [0.25, 0.3) is 5.91 Å². The van der Waals surface area contributed by atoms with Crippen LogP contribution in [0, 0.1) is 5.82 Å². The van der Waals surface area contributed by atoms with Gasteiger partial charge in [-0.3, -0.25) is 14.6 Å². The number of hydrogen-bond donors (Lipinski definition) is 4. The van der Waals surface area contributed by atoms with E-state index >= 15 is 0 Å². The lowest BCUT2D eigenvalue weighted by molar-refractivity contribution is -0.137. The molecule has 4 N–H and O–H groups in total. The van der Waals surface area contributed by atoms with Crippen LogP contribution in [0.1, 0.15) is 23.2 Å². The number of carboxylic acids is 1. The Kier molecular flexibility index (Phi) is 6.63. The van der Waals surface area contributed by atoms with E-state index in [0.29, 0.717) is 40.6 Å². The molecule has 0 saturated carbocycles. The van der Waals surface area contributed by atoms with Crippen molar-refractivity contribution in [2.45, 2.75) is 12.8 Å². The summed E-state index contributed by atoms with van der Waals surface area (Å²) in [6.07, 6.45) is 3.45. The molecule has 0 aliphatic heterocycles. The Balaban J connectivity index is 1.67. The van der Waals surface area contributed by atoms with Crippen LogP contribution in [0.4, 0.5) is 10.1 Å². The number of carboxylic acid groups (broad SMARTS) is 1. The van der Waals surface area contributed by atoms with Crippen molar-refractivity contribution in [1.29, 1.82) is 0 Å². The first kappa shape index (κ1) is 20.8. The fourth-order valence-corrected chi connectivity index (χ4v) is 2.74. The number of nitrogens with one attached hydrogen (secondary N) is 3. The van der Waals surface area contributed by atoms with Crippen molar-refractivity contribution in [1.82, 2.24) is 15.3 Å². The van der Waals surface area contributed by atoms with Crippen LogP contribution in [0.2, 0.25) is 0 Å². The predicted molar refractivity (Wildman–Crippen MR) is 109 cm³/mol. The summed E-state index contributed by atoms with van der Waals surface area (Å²) in [5.74, 6) is -0.826. The maximum Gasteiger partial charge on any atom is 0.303 e. The van der Waals surface area contributed by atoms with E-state index in [1.807, 2.05) is 0 Å².